The molecule has 2 aromatic rings. The van der Waals surface area contributed by atoms with Crippen molar-refractivity contribution in [3.05, 3.63) is 78.9 Å². The van der Waals surface area contributed by atoms with Crippen molar-refractivity contribution in [2.45, 2.75) is 64.3 Å². The Kier molecular flexibility index (Phi) is 8.59. The number of hydrogen-bond acceptors (Lipinski definition) is 6. The lowest BCUT2D eigenvalue weighted by Crippen LogP contribution is -2.60. The number of hydrogen-bond donors (Lipinski definition) is 1. The van der Waals surface area contributed by atoms with Crippen LogP contribution in [0.5, 0.6) is 0 Å². The number of carbonyl (C=O) groups excluding carboxylic acids is 3. The number of anilines is 3. The molecule has 6 atom stereocenters. The van der Waals surface area contributed by atoms with Gasteiger partial charge in [-0.25, -0.2) is 0 Å². The largest absolute Gasteiger partial charge is 0.394 e. The minimum absolute atomic E-state index is 0.145. The van der Waals surface area contributed by atoms with Crippen LogP contribution < -0.4 is 14.7 Å². The number of carbonyl (C=O) groups is 3. The summed E-state index contributed by atoms with van der Waals surface area (Å²) in [5.74, 6) is -2.76. The average molecular weight is 627 g/mol. The van der Waals surface area contributed by atoms with Gasteiger partial charge in [0.2, 0.25) is 11.8 Å². The maximum absolute atomic E-state index is 14.9. The summed E-state index contributed by atoms with van der Waals surface area (Å²) in [6.07, 6.45) is 8.12. The highest BCUT2D eigenvalue weighted by Gasteiger charge is 2.76. The first-order chi connectivity index (χ1) is 22.2. The summed E-state index contributed by atoms with van der Waals surface area (Å²) in [6.45, 7) is 12.1. The van der Waals surface area contributed by atoms with Crippen molar-refractivity contribution in [3.8, 4) is 0 Å². The number of rotatable bonds is 9. The van der Waals surface area contributed by atoms with E-state index in [2.05, 4.69) is 18.7 Å². The molecule has 2 saturated heterocycles. The Morgan fingerprint density at radius 1 is 0.826 bits per heavy atom. The SMILES string of the molecule is CCN(CC)c1ccc(N2CC=C[C@]34O[C@]5(CC)C=CCN(c6ccccc6)C(=O)[C@@H]5[C@H]3C(=O)N([C@@H](CO)C(C)C)C4C2=O)cc1. The predicted molar refractivity (Wildman–Crippen MR) is 180 cm³/mol. The van der Waals surface area contributed by atoms with Gasteiger partial charge in [0.1, 0.15) is 11.6 Å². The fraction of sp³-hybridized carbons (Fsp3) is 0.486. The number of para-hydroxylation sites is 1. The molecule has 46 heavy (non-hydrogen) atoms. The number of benzene rings is 2. The molecule has 9 heteroatoms. The second-order valence-corrected chi connectivity index (χ2v) is 13.1. The van der Waals surface area contributed by atoms with E-state index >= 15 is 0 Å². The highest BCUT2D eigenvalue weighted by atomic mass is 16.5. The fourth-order valence-corrected chi connectivity index (χ4v) is 8.18. The van der Waals surface area contributed by atoms with Crippen LogP contribution in [0.3, 0.4) is 0 Å². The van der Waals surface area contributed by atoms with Gasteiger partial charge in [-0.1, -0.05) is 63.3 Å². The lowest BCUT2D eigenvalue weighted by Gasteiger charge is -2.41. The van der Waals surface area contributed by atoms with Gasteiger partial charge in [0.25, 0.3) is 5.91 Å². The van der Waals surface area contributed by atoms with E-state index in [1.807, 2.05) is 99.7 Å². The summed E-state index contributed by atoms with van der Waals surface area (Å²) in [5, 5.41) is 10.6. The molecule has 0 radical (unpaired) electrons. The average Bonchev–Trinajstić information content (AvgIpc) is 3.35. The predicted octanol–water partition coefficient (Wildman–Crippen LogP) is 4.42. The van der Waals surface area contributed by atoms with Crippen molar-refractivity contribution in [1.29, 1.82) is 0 Å². The molecule has 6 rings (SSSR count). The number of aliphatic hydroxyl groups is 1. The zero-order valence-electron chi connectivity index (χ0n) is 27.5. The van der Waals surface area contributed by atoms with Crippen LogP contribution in [0, 0.1) is 17.8 Å². The minimum Gasteiger partial charge on any atom is -0.394 e. The molecule has 4 aliphatic rings. The maximum Gasteiger partial charge on any atom is 0.253 e. The Hall–Kier alpha value is -3.95. The molecule has 244 valence electrons. The molecule has 9 nitrogen and oxygen atoms in total. The first kappa shape index (κ1) is 32.0. The summed E-state index contributed by atoms with van der Waals surface area (Å²) >= 11 is 0. The van der Waals surface area contributed by atoms with Crippen LogP contribution in [0.4, 0.5) is 17.1 Å². The molecule has 2 aromatic carbocycles. The van der Waals surface area contributed by atoms with Crippen LogP contribution in [-0.4, -0.2) is 83.8 Å². The highest BCUT2D eigenvalue weighted by Crippen LogP contribution is 2.59. The van der Waals surface area contributed by atoms with Gasteiger partial charge in [-0.2, -0.15) is 0 Å². The van der Waals surface area contributed by atoms with Crippen molar-refractivity contribution in [2.24, 2.45) is 17.8 Å². The first-order valence-electron chi connectivity index (χ1n) is 16.7. The zero-order valence-corrected chi connectivity index (χ0v) is 27.5. The van der Waals surface area contributed by atoms with Gasteiger partial charge in [-0.05, 0) is 62.6 Å². The molecule has 4 aliphatic heterocycles. The van der Waals surface area contributed by atoms with E-state index in [1.165, 1.54) is 0 Å². The Balaban J connectivity index is 1.48. The number of aliphatic hydroxyl groups excluding tert-OH is 1. The van der Waals surface area contributed by atoms with Crippen molar-refractivity contribution >= 4 is 34.8 Å². The third kappa shape index (κ3) is 4.78. The summed E-state index contributed by atoms with van der Waals surface area (Å²) in [6, 6.07) is 15.7. The summed E-state index contributed by atoms with van der Waals surface area (Å²) in [7, 11) is 0. The number of nitrogens with zero attached hydrogens (tertiary/aromatic N) is 4. The molecule has 0 bridgehead atoms. The summed E-state index contributed by atoms with van der Waals surface area (Å²) in [5.41, 5.74) is 0.0483. The Bertz CT molecular complexity index is 1520. The van der Waals surface area contributed by atoms with Gasteiger partial charge in [0, 0.05) is 43.2 Å². The zero-order chi connectivity index (χ0) is 32.8. The molecule has 4 heterocycles. The van der Waals surface area contributed by atoms with Gasteiger partial charge in [0.05, 0.1) is 30.1 Å². The fourth-order valence-electron chi connectivity index (χ4n) is 8.18. The van der Waals surface area contributed by atoms with Gasteiger partial charge >= 0.3 is 0 Å². The Morgan fingerprint density at radius 2 is 1.43 bits per heavy atom. The molecule has 3 amide bonds. The van der Waals surface area contributed by atoms with E-state index in [1.54, 1.807) is 14.7 Å². The van der Waals surface area contributed by atoms with Gasteiger partial charge < -0.3 is 29.4 Å². The Labute approximate surface area is 272 Å². The van der Waals surface area contributed by atoms with Gasteiger partial charge in [-0.15, -0.1) is 0 Å². The normalized spacial score (nSPS) is 29.5. The molecule has 0 saturated carbocycles. The van der Waals surface area contributed by atoms with Crippen molar-refractivity contribution < 1.29 is 24.2 Å². The molecule has 1 N–H and O–H groups in total. The van der Waals surface area contributed by atoms with Crippen LogP contribution in [-0.2, 0) is 19.1 Å². The molecule has 1 spiro atoms. The topological polar surface area (TPSA) is 93.6 Å². The number of likely N-dealkylation sites (tertiary alicyclic amines) is 1. The van der Waals surface area contributed by atoms with Crippen LogP contribution in [0.1, 0.15) is 41.0 Å². The first-order valence-corrected chi connectivity index (χ1v) is 16.7. The number of ether oxygens (including phenoxy) is 1. The minimum atomic E-state index is -1.40. The third-order valence-electron chi connectivity index (χ3n) is 10.5. The molecule has 0 aromatic heterocycles. The standard InChI is InChI=1S/C37H46N4O5/c1-6-36-20-12-22-39(27-14-10-9-11-15-27)33(43)30(36)31-34(44)41(29(24-42)25(4)5)32-35(45)40(23-13-21-37(31,32)46-36)28-18-16-26(17-19-28)38(7-2)8-3/h9-21,25,29-32,42H,6-8,22-24H2,1-5H3/t29-,30-,31-,32?,36+,37-/m0/s1. The third-order valence-corrected chi connectivity index (χ3v) is 10.5. The highest BCUT2D eigenvalue weighted by molar-refractivity contribution is 6.07. The molecular weight excluding hydrogens is 580 g/mol. The van der Waals surface area contributed by atoms with E-state index in [4.69, 9.17) is 4.74 Å². The van der Waals surface area contributed by atoms with Crippen LogP contribution >= 0.6 is 0 Å². The van der Waals surface area contributed by atoms with Crippen LogP contribution in [0.2, 0.25) is 0 Å². The van der Waals surface area contributed by atoms with Gasteiger partial charge in [0.15, 0.2) is 0 Å². The van der Waals surface area contributed by atoms with Crippen molar-refractivity contribution in [1.82, 2.24) is 4.90 Å². The number of amides is 3. The molecule has 0 aliphatic carbocycles. The van der Waals surface area contributed by atoms with E-state index < -0.39 is 35.1 Å². The van der Waals surface area contributed by atoms with E-state index in [0.29, 0.717) is 18.7 Å². The quantitative estimate of drug-likeness (QED) is 0.415. The summed E-state index contributed by atoms with van der Waals surface area (Å²) in [4.78, 5) is 51.7. The summed E-state index contributed by atoms with van der Waals surface area (Å²) < 4.78 is 7.12. The number of fused-ring (bicyclic) bond motifs is 2. The maximum atomic E-state index is 14.9. The molecule has 2 fully saturated rings. The van der Waals surface area contributed by atoms with Crippen LogP contribution in [0.15, 0.2) is 78.9 Å². The second-order valence-electron chi connectivity index (χ2n) is 13.1. The van der Waals surface area contributed by atoms with E-state index in [0.717, 1.165) is 24.5 Å². The molecular formula is C37H46N4O5. The monoisotopic (exact) mass is 626 g/mol. The smallest absolute Gasteiger partial charge is 0.253 e. The lowest BCUT2D eigenvalue weighted by molar-refractivity contribution is -0.150. The van der Waals surface area contributed by atoms with Crippen LogP contribution in [0.25, 0.3) is 0 Å². The van der Waals surface area contributed by atoms with Gasteiger partial charge in [-0.3, -0.25) is 14.4 Å². The lowest BCUT2D eigenvalue weighted by atomic mass is 9.73. The second kappa shape index (κ2) is 12.3. The van der Waals surface area contributed by atoms with Crippen molar-refractivity contribution in [2.75, 3.05) is 47.5 Å². The van der Waals surface area contributed by atoms with E-state index in [9.17, 15) is 19.5 Å². The Morgan fingerprint density at radius 3 is 2.02 bits per heavy atom. The molecule has 1 unspecified atom stereocenters. The van der Waals surface area contributed by atoms with E-state index in [-0.39, 0.29) is 36.8 Å². The van der Waals surface area contributed by atoms with Crippen molar-refractivity contribution in [3.63, 3.8) is 0 Å².